The maximum atomic E-state index is 11.6. The number of carbonyl (C=O) groups is 2. The van der Waals surface area contributed by atoms with Crippen molar-refractivity contribution in [2.45, 2.75) is 45.1 Å². The van der Waals surface area contributed by atoms with Crippen LogP contribution < -0.4 is 5.73 Å². The van der Waals surface area contributed by atoms with E-state index >= 15 is 0 Å². The van der Waals surface area contributed by atoms with Crippen LogP contribution in [-0.4, -0.2) is 65.0 Å². The van der Waals surface area contributed by atoms with Crippen molar-refractivity contribution in [3.63, 3.8) is 0 Å². The Morgan fingerprint density at radius 3 is 2.33 bits per heavy atom. The van der Waals surface area contributed by atoms with Gasteiger partial charge in [0.2, 0.25) is 11.8 Å². The summed E-state index contributed by atoms with van der Waals surface area (Å²) in [4.78, 5) is 26.9. The van der Waals surface area contributed by atoms with Crippen molar-refractivity contribution in [1.29, 1.82) is 0 Å². The number of β-amino-alcohol motifs (C(OH)–C–C–N with tert-alkyl or cyclic N) is 1. The first-order valence-electron chi connectivity index (χ1n) is 7.74. The largest absolute Gasteiger partial charge is 0.388 e. The quantitative estimate of drug-likeness (QED) is 0.764. The fourth-order valence-corrected chi connectivity index (χ4v) is 3.49. The average Bonchev–Trinajstić information content (AvgIpc) is 2.38. The van der Waals surface area contributed by atoms with Crippen LogP contribution in [0.15, 0.2) is 0 Å². The molecule has 3 N–H and O–H groups in total. The van der Waals surface area contributed by atoms with Crippen LogP contribution in [0.1, 0.15) is 39.5 Å². The smallest absolute Gasteiger partial charge is 0.224 e. The minimum absolute atomic E-state index is 0.0660. The number of rotatable bonds is 3. The molecule has 2 fully saturated rings. The van der Waals surface area contributed by atoms with Crippen LogP contribution in [0, 0.1) is 5.41 Å². The maximum Gasteiger partial charge on any atom is 0.224 e. The van der Waals surface area contributed by atoms with Crippen LogP contribution in [0.4, 0.5) is 0 Å². The normalized spacial score (nSPS) is 30.1. The Bertz CT molecular complexity index is 418. The number of nitrogens with zero attached hydrogens (tertiary/aromatic N) is 2. The van der Waals surface area contributed by atoms with Gasteiger partial charge in [0.25, 0.3) is 0 Å². The monoisotopic (exact) mass is 297 g/mol. The van der Waals surface area contributed by atoms with Gasteiger partial charge < -0.3 is 15.7 Å². The predicted octanol–water partition coefficient (Wildman–Crippen LogP) is -0.0528. The molecule has 21 heavy (non-hydrogen) atoms. The first-order chi connectivity index (χ1) is 9.74. The van der Waals surface area contributed by atoms with Crippen LogP contribution >= 0.6 is 0 Å². The molecule has 120 valence electrons. The summed E-state index contributed by atoms with van der Waals surface area (Å²) in [5.41, 5.74) is 4.26. The van der Waals surface area contributed by atoms with Crippen LogP contribution in [0.5, 0.6) is 0 Å². The van der Waals surface area contributed by atoms with Gasteiger partial charge >= 0.3 is 0 Å². The van der Waals surface area contributed by atoms with Crippen LogP contribution in [0.3, 0.4) is 0 Å². The molecule has 6 heteroatoms. The molecule has 0 aromatic rings. The number of piperidine rings is 2. The van der Waals surface area contributed by atoms with Gasteiger partial charge in [-0.05, 0) is 39.2 Å². The Morgan fingerprint density at radius 1 is 1.19 bits per heavy atom. The summed E-state index contributed by atoms with van der Waals surface area (Å²) in [6.45, 7) is 6.74. The summed E-state index contributed by atoms with van der Waals surface area (Å²) in [6.07, 6.45) is 2.93. The third kappa shape index (κ3) is 3.74. The second-order valence-corrected chi connectivity index (χ2v) is 6.97. The molecule has 0 aromatic heterocycles. The van der Waals surface area contributed by atoms with Gasteiger partial charge in [0.15, 0.2) is 0 Å². The number of primary amides is 1. The van der Waals surface area contributed by atoms with Gasteiger partial charge in [-0.3, -0.25) is 14.5 Å². The van der Waals surface area contributed by atoms with E-state index in [1.165, 1.54) is 0 Å². The first kappa shape index (κ1) is 16.2. The van der Waals surface area contributed by atoms with Crippen molar-refractivity contribution in [1.82, 2.24) is 9.80 Å². The lowest BCUT2D eigenvalue weighted by Crippen LogP contribution is -2.56. The molecular formula is C15H27N3O3. The zero-order valence-corrected chi connectivity index (χ0v) is 13.1. The van der Waals surface area contributed by atoms with Crippen molar-refractivity contribution in [2.24, 2.45) is 11.1 Å². The molecule has 1 atom stereocenters. The highest BCUT2D eigenvalue weighted by molar-refractivity contribution is 5.80. The van der Waals surface area contributed by atoms with E-state index in [4.69, 9.17) is 5.73 Å². The molecule has 6 nitrogen and oxygen atoms in total. The zero-order chi connectivity index (χ0) is 15.7. The van der Waals surface area contributed by atoms with Crippen molar-refractivity contribution in [3.05, 3.63) is 0 Å². The predicted molar refractivity (Wildman–Crippen MR) is 79.4 cm³/mol. The van der Waals surface area contributed by atoms with Crippen molar-refractivity contribution in [2.75, 3.05) is 32.7 Å². The minimum Gasteiger partial charge on any atom is -0.388 e. The average molecular weight is 297 g/mol. The SMILES string of the molecule is CC(=O)N1CCC(O)(CN2CCC[C@](C)(C(N)=O)C2)CC1. The molecule has 0 bridgehead atoms. The third-order valence-corrected chi connectivity index (χ3v) is 5.03. The summed E-state index contributed by atoms with van der Waals surface area (Å²) in [7, 11) is 0. The molecule has 2 aliphatic heterocycles. The molecule has 0 unspecified atom stereocenters. The van der Waals surface area contributed by atoms with Gasteiger partial charge in [-0.2, -0.15) is 0 Å². The van der Waals surface area contributed by atoms with Crippen LogP contribution in [0.25, 0.3) is 0 Å². The molecule has 0 saturated carbocycles. The molecule has 0 radical (unpaired) electrons. The summed E-state index contributed by atoms with van der Waals surface area (Å²) < 4.78 is 0. The highest BCUT2D eigenvalue weighted by Crippen LogP contribution is 2.31. The first-order valence-corrected chi connectivity index (χ1v) is 7.74. The topological polar surface area (TPSA) is 86.9 Å². The number of nitrogens with two attached hydrogens (primary N) is 1. The van der Waals surface area contributed by atoms with Crippen LogP contribution in [0.2, 0.25) is 0 Å². The molecule has 0 aliphatic carbocycles. The van der Waals surface area contributed by atoms with Crippen LogP contribution in [-0.2, 0) is 9.59 Å². The molecular weight excluding hydrogens is 270 g/mol. The standard InChI is InChI=1S/C15H27N3O3/c1-12(19)18-8-5-15(21,6-9-18)11-17-7-3-4-14(2,10-17)13(16)20/h21H,3-11H2,1-2H3,(H2,16,20)/t14-/m0/s1. The summed E-state index contributed by atoms with van der Waals surface area (Å²) in [6, 6.07) is 0. The molecule has 2 rings (SSSR count). The van der Waals surface area contributed by atoms with Gasteiger partial charge in [-0.15, -0.1) is 0 Å². The van der Waals surface area contributed by atoms with E-state index in [0.717, 1.165) is 19.4 Å². The van der Waals surface area contributed by atoms with E-state index in [2.05, 4.69) is 4.90 Å². The van der Waals surface area contributed by atoms with E-state index in [1.807, 2.05) is 6.92 Å². The van der Waals surface area contributed by atoms with E-state index in [1.54, 1.807) is 11.8 Å². The lowest BCUT2D eigenvalue weighted by atomic mass is 9.80. The van der Waals surface area contributed by atoms with E-state index in [-0.39, 0.29) is 11.8 Å². The summed E-state index contributed by atoms with van der Waals surface area (Å²) in [5, 5.41) is 10.7. The summed E-state index contributed by atoms with van der Waals surface area (Å²) >= 11 is 0. The Hall–Kier alpha value is -1.14. The number of likely N-dealkylation sites (tertiary alicyclic amines) is 2. The number of aliphatic hydroxyl groups is 1. The highest BCUT2D eigenvalue weighted by Gasteiger charge is 2.40. The molecule has 2 heterocycles. The second-order valence-electron chi connectivity index (χ2n) is 6.97. The van der Waals surface area contributed by atoms with Gasteiger partial charge in [-0.25, -0.2) is 0 Å². The number of amides is 2. The Labute approximate surface area is 126 Å². The van der Waals surface area contributed by atoms with Gasteiger partial charge in [0.05, 0.1) is 11.0 Å². The fourth-order valence-electron chi connectivity index (χ4n) is 3.49. The minimum atomic E-state index is -0.762. The van der Waals surface area contributed by atoms with Crippen molar-refractivity contribution >= 4 is 11.8 Å². The van der Waals surface area contributed by atoms with E-state index < -0.39 is 11.0 Å². The van der Waals surface area contributed by atoms with Gasteiger partial charge in [0, 0.05) is 33.1 Å². The fraction of sp³-hybridized carbons (Fsp3) is 0.867. The third-order valence-electron chi connectivity index (χ3n) is 5.03. The Kier molecular flexibility index (Phi) is 4.58. The van der Waals surface area contributed by atoms with Crippen molar-refractivity contribution < 1.29 is 14.7 Å². The Morgan fingerprint density at radius 2 is 1.81 bits per heavy atom. The maximum absolute atomic E-state index is 11.6. The molecule has 2 amide bonds. The van der Waals surface area contributed by atoms with Gasteiger partial charge in [0.1, 0.15) is 0 Å². The molecule has 2 aliphatic rings. The van der Waals surface area contributed by atoms with Gasteiger partial charge in [-0.1, -0.05) is 0 Å². The number of hydrogen-bond donors (Lipinski definition) is 2. The Balaban J connectivity index is 1.92. The zero-order valence-electron chi connectivity index (χ0n) is 13.1. The number of hydrogen-bond acceptors (Lipinski definition) is 4. The van der Waals surface area contributed by atoms with E-state index in [0.29, 0.717) is 39.0 Å². The second kappa shape index (κ2) is 5.93. The number of carbonyl (C=O) groups excluding carboxylic acids is 2. The highest BCUT2D eigenvalue weighted by atomic mass is 16.3. The van der Waals surface area contributed by atoms with Crippen molar-refractivity contribution in [3.8, 4) is 0 Å². The molecule has 0 spiro atoms. The molecule has 0 aromatic carbocycles. The molecule has 2 saturated heterocycles. The van der Waals surface area contributed by atoms with E-state index in [9.17, 15) is 14.7 Å². The lowest BCUT2D eigenvalue weighted by molar-refractivity contribution is -0.136. The lowest BCUT2D eigenvalue weighted by Gasteiger charge is -2.44. The summed E-state index contributed by atoms with van der Waals surface area (Å²) in [5.74, 6) is -0.193.